The summed E-state index contributed by atoms with van der Waals surface area (Å²) in [6, 6.07) is 4.14. The average molecular weight is 285 g/mol. The monoisotopic (exact) mass is 284 g/mol. The number of carbonyl (C=O) groups is 1. The molecule has 0 radical (unpaired) electrons. The van der Waals surface area contributed by atoms with Crippen molar-refractivity contribution < 1.29 is 14.6 Å². The Bertz CT molecular complexity index is 415. The molecule has 1 aliphatic heterocycles. The van der Waals surface area contributed by atoms with E-state index < -0.39 is 5.97 Å². The van der Waals surface area contributed by atoms with Gasteiger partial charge in [-0.05, 0) is 46.0 Å². The lowest BCUT2D eigenvalue weighted by Crippen LogP contribution is -1.96. The lowest BCUT2D eigenvalue weighted by Gasteiger charge is -2.06. The maximum absolute atomic E-state index is 10.4. The Labute approximate surface area is 103 Å². The van der Waals surface area contributed by atoms with Crippen LogP contribution < -0.4 is 4.74 Å². The summed E-state index contributed by atoms with van der Waals surface area (Å²) in [6.45, 7) is 0.743. The van der Waals surface area contributed by atoms with Gasteiger partial charge in [-0.25, -0.2) is 0 Å². The lowest BCUT2D eigenvalue weighted by molar-refractivity contribution is -0.137. The highest BCUT2D eigenvalue weighted by Crippen LogP contribution is 2.35. The zero-order valence-electron chi connectivity index (χ0n) is 8.83. The summed E-state index contributed by atoms with van der Waals surface area (Å²) >= 11 is 3.48. The molecule has 1 aromatic carbocycles. The summed E-state index contributed by atoms with van der Waals surface area (Å²) < 4.78 is 6.47. The lowest BCUT2D eigenvalue weighted by atomic mass is 10.0. The first kappa shape index (κ1) is 11.5. The fraction of sp³-hybridized carbons (Fsp3) is 0.417. The van der Waals surface area contributed by atoms with Crippen LogP contribution in [0.4, 0.5) is 0 Å². The number of aryl methyl sites for hydroxylation is 1. The molecule has 1 heterocycles. The van der Waals surface area contributed by atoms with Gasteiger partial charge in [0.25, 0.3) is 0 Å². The third-order valence-corrected chi connectivity index (χ3v) is 3.24. The van der Waals surface area contributed by atoms with Crippen molar-refractivity contribution in [1.29, 1.82) is 0 Å². The Hall–Kier alpha value is -1.03. The number of benzene rings is 1. The van der Waals surface area contributed by atoms with Crippen LogP contribution in [0.1, 0.15) is 24.0 Å². The Kier molecular flexibility index (Phi) is 3.49. The predicted molar refractivity (Wildman–Crippen MR) is 63.9 cm³/mol. The fourth-order valence-corrected chi connectivity index (χ4v) is 2.57. The second-order valence-corrected chi connectivity index (χ2v) is 4.77. The first-order valence-corrected chi connectivity index (χ1v) is 6.12. The molecule has 0 fully saturated rings. The van der Waals surface area contributed by atoms with Crippen molar-refractivity contribution in [3.63, 3.8) is 0 Å². The van der Waals surface area contributed by atoms with Crippen molar-refractivity contribution in [3.05, 3.63) is 27.7 Å². The van der Waals surface area contributed by atoms with Crippen LogP contribution in [0.5, 0.6) is 5.75 Å². The molecule has 0 unspecified atom stereocenters. The molecule has 0 atom stereocenters. The summed E-state index contributed by atoms with van der Waals surface area (Å²) in [6.07, 6.45) is 2.66. The average Bonchev–Trinajstić information content (AvgIpc) is 2.65. The van der Waals surface area contributed by atoms with Gasteiger partial charge in [-0.1, -0.05) is 6.07 Å². The van der Waals surface area contributed by atoms with Gasteiger partial charge in [0.15, 0.2) is 0 Å². The highest BCUT2D eigenvalue weighted by molar-refractivity contribution is 9.10. The molecule has 0 aromatic heterocycles. The van der Waals surface area contributed by atoms with E-state index in [0.29, 0.717) is 6.42 Å². The predicted octanol–water partition coefficient (Wildman–Crippen LogP) is 2.79. The molecule has 0 saturated heterocycles. The second-order valence-electron chi connectivity index (χ2n) is 3.91. The van der Waals surface area contributed by atoms with Crippen LogP contribution in [-0.2, 0) is 17.6 Å². The maximum Gasteiger partial charge on any atom is 0.303 e. The number of halogens is 1. The van der Waals surface area contributed by atoms with E-state index in [9.17, 15) is 4.79 Å². The van der Waals surface area contributed by atoms with Gasteiger partial charge < -0.3 is 9.84 Å². The van der Waals surface area contributed by atoms with Gasteiger partial charge in [-0.3, -0.25) is 4.79 Å². The van der Waals surface area contributed by atoms with Crippen LogP contribution in [0.25, 0.3) is 0 Å². The summed E-state index contributed by atoms with van der Waals surface area (Å²) in [5.74, 6) is 0.213. The minimum atomic E-state index is -0.733. The van der Waals surface area contributed by atoms with E-state index in [1.54, 1.807) is 0 Å². The van der Waals surface area contributed by atoms with Crippen molar-refractivity contribution in [2.24, 2.45) is 0 Å². The third-order valence-electron chi connectivity index (χ3n) is 2.65. The van der Waals surface area contributed by atoms with Crippen molar-refractivity contribution in [2.75, 3.05) is 6.61 Å². The van der Waals surface area contributed by atoms with Crippen molar-refractivity contribution >= 4 is 21.9 Å². The minimum Gasteiger partial charge on any atom is -0.492 e. The molecule has 1 aliphatic rings. The maximum atomic E-state index is 10.4. The van der Waals surface area contributed by atoms with Gasteiger partial charge in [0.05, 0.1) is 11.1 Å². The zero-order valence-corrected chi connectivity index (χ0v) is 10.4. The van der Waals surface area contributed by atoms with Crippen LogP contribution in [0, 0.1) is 0 Å². The van der Waals surface area contributed by atoms with Gasteiger partial charge in [-0.2, -0.15) is 0 Å². The molecule has 0 spiro atoms. The molecule has 1 N–H and O–H groups in total. The summed E-state index contributed by atoms with van der Waals surface area (Å²) in [4.78, 5) is 10.4. The molecule has 1 aromatic rings. The van der Waals surface area contributed by atoms with Crippen LogP contribution >= 0.6 is 15.9 Å². The minimum absolute atomic E-state index is 0.227. The van der Waals surface area contributed by atoms with Crippen molar-refractivity contribution in [3.8, 4) is 5.75 Å². The summed E-state index contributed by atoms with van der Waals surface area (Å²) in [5.41, 5.74) is 2.40. The van der Waals surface area contributed by atoms with Crippen LogP contribution in [0.15, 0.2) is 16.6 Å². The first-order valence-electron chi connectivity index (χ1n) is 5.32. The van der Waals surface area contributed by atoms with E-state index in [0.717, 1.165) is 29.7 Å². The molecular weight excluding hydrogens is 272 g/mol. The molecular formula is C12H13BrO3. The molecule has 2 rings (SSSR count). The highest BCUT2D eigenvalue weighted by Gasteiger charge is 2.16. The van der Waals surface area contributed by atoms with Crippen molar-refractivity contribution in [1.82, 2.24) is 0 Å². The number of rotatable bonds is 4. The van der Waals surface area contributed by atoms with E-state index in [2.05, 4.69) is 22.0 Å². The molecule has 0 bridgehead atoms. The molecule has 0 saturated carbocycles. The number of aliphatic carboxylic acids is 1. The standard InChI is InChI=1S/C12H13BrO3/c13-10-7-8(2-1-3-11(14)15)6-9-4-5-16-12(9)10/h6-7H,1-5H2,(H,14,15). The topological polar surface area (TPSA) is 46.5 Å². The first-order chi connectivity index (χ1) is 7.66. The SMILES string of the molecule is O=C(O)CCCc1cc(Br)c2c(c1)CCO2. The highest BCUT2D eigenvalue weighted by atomic mass is 79.9. The van der Waals surface area contributed by atoms with Crippen LogP contribution in [0.3, 0.4) is 0 Å². The number of carboxylic acid groups (broad SMARTS) is 1. The molecule has 3 nitrogen and oxygen atoms in total. The zero-order chi connectivity index (χ0) is 11.5. The van der Waals surface area contributed by atoms with Crippen molar-refractivity contribution in [2.45, 2.75) is 25.7 Å². The van der Waals surface area contributed by atoms with E-state index >= 15 is 0 Å². The van der Waals surface area contributed by atoms with Crippen LogP contribution in [0.2, 0.25) is 0 Å². The van der Waals surface area contributed by atoms with E-state index in [4.69, 9.17) is 9.84 Å². The van der Waals surface area contributed by atoms with E-state index in [1.807, 2.05) is 6.07 Å². The molecule has 0 aliphatic carbocycles. The number of hydrogen-bond donors (Lipinski definition) is 1. The van der Waals surface area contributed by atoms with Crippen LogP contribution in [-0.4, -0.2) is 17.7 Å². The number of ether oxygens (including phenoxy) is 1. The molecule has 0 amide bonds. The van der Waals surface area contributed by atoms with E-state index in [1.165, 1.54) is 11.1 Å². The Balaban J connectivity index is 2.05. The van der Waals surface area contributed by atoms with Gasteiger partial charge in [-0.15, -0.1) is 0 Å². The number of carboxylic acids is 1. The summed E-state index contributed by atoms with van der Waals surface area (Å²) in [7, 11) is 0. The molecule has 4 heteroatoms. The fourth-order valence-electron chi connectivity index (χ4n) is 1.91. The quantitative estimate of drug-likeness (QED) is 0.925. The third kappa shape index (κ3) is 2.55. The Morgan fingerprint density at radius 3 is 3.06 bits per heavy atom. The van der Waals surface area contributed by atoms with Gasteiger partial charge >= 0.3 is 5.97 Å². The number of fused-ring (bicyclic) bond motifs is 1. The Morgan fingerprint density at radius 1 is 1.50 bits per heavy atom. The van der Waals surface area contributed by atoms with Gasteiger partial charge in [0.2, 0.25) is 0 Å². The second kappa shape index (κ2) is 4.87. The largest absolute Gasteiger partial charge is 0.492 e. The normalized spacial score (nSPS) is 13.3. The van der Waals surface area contributed by atoms with Gasteiger partial charge in [0.1, 0.15) is 5.75 Å². The van der Waals surface area contributed by atoms with Gasteiger partial charge in [0, 0.05) is 12.8 Å². The smallest absolute Gasteiger partial charge is 0.303 e. The van der Waals surface area contributed by atoms with E-state index in [-0.39, 0.29) is 6.42 Å². The summed E-state index contributed by atoms with van der Waals surface area (Å²) in [5, 5.41) is 8.57. The molecule has 86 valence electrons. The number of hydrogen-bond acceptors (Lipinski definition) is 2. The Morgan fingerprint density at radius 2 is 2.31 bits per heavy atom. The molecule has 16 heavy (non-hydrogen) atoms.